The Morgan fingerprint density at radius 2 is 2.09 bits per heavy atom. The third-order valence-corrected chi connectivity index (χ3v) is 3.80. The van der Waals surface area contributed by atoms with Crippen molar-refractivity contribution in [1.29, 1.82) is 0 Å². The van der Waals surface area contributed by atoms with Crippen molar-refractivity contribution < 1.29 is 18.1 Å². The van der Waals surface area contributed by atoms with E-state index in [0.717, 1.165) is 0 Å². The number of benzene rings is 1. The molecule has 7 heteroatoms. The molecule has 3 rings (SSSR count). The summed E-state index contributed by atoms with van der Waals surface area (Å²) in [5.74, 6) is -0.647. The van der Waals surface area contributed by atoms with Gasteiger partial charge in [0.2, 0.25) is 11.8 Å². The van der Waals surface area contributed by atoms with Gasteiger partial charge in [-0.05, 0) is 18.6 Å². The molecular formula is C15H15F2N3O2. The van der Waals surface area contributed by atoms with Gasteiger partial charge in [-0.1, -0.05) is 18.1 Å². The number of amides is 1. The second kappa shape index (κ2) is 5.82. The maximum absolute atomic E-state index is 13.8. The van der Waals surface area contributed by atoms with Crippen molar-refractivity contribution in [1.82, 2.24) is 15.0 Å². The van der Waals surface area contributed by atoms with Crippen LogP contribution in [0.25, 0.3) is 0 Å². The Labute approximate surface area is 125 Å². The Hall–Kier alpha value is -2.31. The number of hydrogen-bond donors (Lipinski definition) is 0. The molecule has 2 heterocycles. The number of nitrogens with zero attached hydrogens (tertiary/aromatic N) is 3. The average molecular weight is 307 g/mol. The zero-order valence-electron chi connectivity index (χ0n) is 12.1. The van der Waals surface area contributed by atoms with Gasteiger partial charge in [0.15, 0.2) is 5.82 Å². The van der Waals surface area contributed by atoms with Gasteiger partial charge in [-0.2, -0.15) is 4.98 Å². The molecule has 1 aromatic heterocycles. The summed E-state index contributed by atoms with van der Waals surface area (Å²) < 4.78 is 32.8. The lowest BCUT2D eigenvalue weighted by molar-refractivity contribution is -0.130. The molecule has 1 aliphatic heterocycles. The van der Waals surface area contributed by atoms with Crippen LogP contribution in [0.5, 0.6) is 0 Å². The van der Waals surface area contributed by atoms with E-state index in [1.807, 2.05) is 6.92 Å². The standard InChI is InChI=1S/C15H15F2N3O2/c1-2-13-18-15(22-19-13)12-6-7-14(21)20(12)8-9-10(16)4-3-5-11(9)17/h3-5,12H,2,6-8H2,1H3. The highest BCUT2D eigenvalue weighted by atomic mass is 19.1. The van der Waals surface area contributed by atoms with Gasteiger partial charge in [0, 0.05) is 18.4 Å². The van der Waals surface area contributed by atoms with E-state index >= 15 is 0 Å². The summed E-state index contributed by atoms with van der Waals surface area (Å²) in [6, 6.07) is 3.22. The molecule has 22 heavy (non-hydrogen) atoms. The Morgan fingerprint density at radius 1 is 1.36 bits per heavy atom. The Kier molecular flexibility index (Phi) is 3.87. The third-order valence-electron chi connectivity index (χ3n) is 3.80. The molecule has 1 amide bonds. The molecule has 0 spiro atoms. The first kappa shape index (κ1) is 14.6. The molecule has 0 radical (unpaired) electrons. The molecule has 0 N–H and O–H groups in total. The predicted octanol–water partition coefficient (Wildman–Crippen LogP) is 2.77. The lowest BCUT2D eigenvalue weighted by Gasteiger charge is -2.22. The first-order valence-corrected chi connectivity index (χ1v) is 7.15. The van der Waals surface area contributed by atoms with Crippen LogP contribution in [0.4, 0.5) is 8.78 Å². The van der Waals surface area contributed by atoms with Crippen LogP contribution in [0.3, 0.4) is 0 Å². The zero-order valence-corrected chi connectivity index (χ0v) is 12.1. The number of aromatic nitrogens is 2. The Balaban J connectivity index is 1.88. The minimum absolute atomic E-state index is 0.127. The fourth-order valence-corrected chi connectivity index (χ4v) is 2.59. The first-order valence-electron chi connectivity index (χ1n) is 7.15. The summed E-state index contributed by atoms with van der Waals surface area (Å²) in [6.45, 7) is 1.74. The summed E-state index contributed by atoms with van der Waals surface area (Å²) in [7, 11) is 0. The molecule has 0 saturated carbocycles. The average Bonchev–Trinajstić information content (AvgIpc) is 3.10. The highest BCUT2D eigenvalue weighted by Crippen LogP contribution is 2.34. The minimum atomic E-state index is -0.668. The lowest BCUT2D eigenvalue weighted by atomic mass is 10.1. The monoisotopic (exact) mass is 307 g/mol. The third kappa shape index (κ3) is 2.58. The van der Waals surface area contributed by atoms with Gasteiger partial charge < -0.3 is 9.42 Å². The van der Waals surface area contributed by atoms with E-state index in [1.165, 1.54) is 23.1 Å². The minimum Gasteiger partial charge on any atom is -0.337 e. The van der Waals surface area contributed by atoms with Crippen molar-refractivity contribution >= 4 is 5.91 Å². The van der Waals surface area contributed by atoms with E-state index in [2.05, 4.69) is 10.1 Å². The van der Waals surface area contributed by atoms with Crippen molar-refractivity contribution in [3.8, 4) is 0 Å². The van der Waals surface area contributed by atoms with E-state index in [-0.39, 0.29) is 18.0 Å². The quantitative estimate of drug-likeness (QED) is 0.871. The number of carbonyl (C=O) groups excluding carboxylic acids is 1. The van der Waals surface area contributed by atoms with Crippen LogP contribution in [-0.2, 0) is 17.8 Å². The van der Waals surface area contributed by atoms with Crippen LogP contribution >= 0.6 is 0 Å². The van der Waals surface area contributed by atoms with Crippen LogP contribution in [0, 0.1) is 11.6 Å². The number of hydrogen-bond acceptors (Lipinski definition) is 4. The van der Waals surface area contributed by atoms with Crippen LogP contribution in [-0.4, -0.2) is 20.9 Å². The molecule has 1 aliphatic rings. The van der Waals surface area contributed by atoms with Crippen molar-refractivity contribution in [2.24, 2.45) is 0 Å². The summed E-state index contributed by atoms with van der Waals surface area (Å²) >= 11 is 0. The second-order valence-corrected chi connectivity index (χ2v) is 5.18. The highest BCUT2D eigenvalue weighted by Gasteiger charge is 2.36. The van der Waals surface area contributed by atoms with Crippen molar-refractivity contribution in [3.05, 3.63) is 47.1 Å². The van der Waals surface area contributed by atoms with Crippen LogP contribution < -0.4 is 0 Å². The normalized spacial score (nSPS) is 18.2. The highest BCUT2D eigenvalue weighted by molar-refractivity contribution is 5.78. The molecule has 5 nitrogen and oxygen atoms in total. The number of carbonyl (C=O) groups is 1. The van der Waals surface area contributed by atoms with E-state index in [1.54, 1.807) is 0 Å². The van der Waals surface area contributed by atoms with Crippen molar-refractivity contribution in [2.45, 2.75) is 38.8 Å². The molecule has 1 saturated heterocycles. The number of rotatable bonds is 4. The van der Waals surface area contributed by atoms with Gasteiger partial charge in [0.1, 0.15) is 17.7 Å². The van der Waals surface area contributed by atoms with Crippen LogP contribution in [0.15, 0.2) is 22.7 Å². The number of aryl methyl sites for hydroxylation is 1. The molecule has 0 bridgehead atoms. The smallest absolute Gasteiger partial charge is 0.249 e. The summed E-state index contributed by atoms with van der Waals surface area (Å²) in [5, 5.41) is 3.81. The topological polar surface area (TPSA) is 59.2 Å². The van der Waals surface area contributed by atoms with Gasteiger partial charge in [-0.15, -0.1) is 0 Å². The summed E-state index contributed by atoms with van der Waals surface area (Å²) in [5.41, 5.74) is -0.127. The zero-order chi connectivity index (χ0) is 15.7. The lowest BCUT2D eigenvalue weighted by Crippen LogP contribution is -2.28. The molecule has 1 fully saturated rings. The molecular weight excluding hydrogens is 292 g/mol. The fourth-order valence-electron chi connectivity index (χ4n) is 2.59. The van der Waals surface area contributed by atoms with E-state index < -0.39 is 17.7 Å². The molecule has 1 atom stereocenters. The number of likely N-dealkylation sites (tertiary alicyclic amines) is 1. The van der Waals surface area contributed by atoms with Crippen molar-refractivity contribution in [2.75, 3.05) is 0 Å². The van der Waals surface area contributed by atoms with Gasteiger partial charge in [0.05, 0.1) is 6.54 Å². The van der Waals surface area contributed by atoms with Crippen molar-refractivity contribution in [3.63, 3.8) is 0 Å². The Morgan fingerprint density at radius 3 is 2.73 bits per heavy atom. The SMILES string of the molecule is CCc1noc(C2CCC(=O)N2Cc2c(F)cccc2F)n1. The molecule has 116 valence electrons. The molecule has 1 aromatic carbocycles. The van der Waals surface area contributed by atoms with Crippen LogP contribution in [0.2, 0.25) is 0 Å². The van der Waals surface area contributed by atoms with E-state index in [4.69, 9.17) is 4.52 Å². The van der Waals surface area contributed by atoms with E-state index in [9.17, 15) is 13.6 Å². The van der Waals surface area contributed by atoms with E-state index in [0.29, 0.717) is 31.0 Å². The first-order chi connectivity index (χ1) is 10.6. The predicted molar refractivity (Wildman–Crippen MR) is 72.6 cm³/mol. The summed E-state index contributed by atoms with van der Waals surface area (Å²) in [6.07, 6.45) is 1.41. The Bertz CT molecular complexity index is 682. The van der Waals surface area contributed by atoms with Gasteiger partial charge in [0.25, 0.3) is 0 Å². The van der Waals surface area contributed by atoms with Gasteiger partial charge in [-0.3, -0.25) is 4.79 Å². The van der Waals surface area contributed by atoms with Gasteiger partial charge >= 0.3 is 0 Å². The maximum Gasteiger partial charge on any atom is 0.249 e. The molecule has 0 aliphatic carbocycles. The fraction of sp³-hybridized carbons (Fsp3) is 0.400. The largest absolute Gasteiger partial charge is 0.337 e. The molecule has 1 unspecified atom stereocenters. The molecule has 2 aromatic rings. The summed E-state index contributed by atoms with van der Waals surface area (Å²) in [4.78, 5) is 17.7. The number of halogens is 2. The maximum atomic E-state index is 13.8. The van der Waals surface area contributed by atoms with Crippen LogP contribution in [0.1, 0.15) is 43.1 Å². The second-order valence-electron chi connectivity index (χ2n) is 5.18. The van der Waals surface area contributed by atoms with Gasteiger partial charge in [-0.25, -0.2) is 8.78 Å².